The van der Waals surface area contributed by atoms with Gasteiger partial charge < -0.3 is 19.7 Å². The molecule has 2 amide bonds. The molecule has 6 heteroatoms. The molecule has 1 saturated heterocycles. The smallest absolute Gasteiger partial charge is 0.410 e. The second kappa shape index (κ2) is 7.88. The Hall–Kier alpha value is -1.46. The Morgan fingerprint density at radius 1 is 1.00 bits per heavy atom. The summed E-state index contributed by atoms with van der Waals surface area (Å²) in [5.41, 5.74) is -0.482. The fourth-order valence-electron chi connectivity index (χ4n) is 3.08. The van der Waals surface area contributed by atoms with Gasteiger partial charge in [0.2, 0.25) is 0 Å². The van der Waals surface area contributed by atoms with E-state index in [-0.39, 0.29) is 24.3 Å². The highest BCUT2D eigenvalue weighted by Crippen LogP contribution is 2.19. The lowest BCUT2D eigenvalue weighted by Crippen LogP contribution is -2.45. The summed E-state index contributed by atoms with van der Waals surface area (Å²) in [6, 6.07) is 0.262. The predicted octanol–water partition coefficient (Wildman–Crippen LogP) is 3.44. The van der Waals surface area contributed by atoms with E-state index in [4.69, 9.17) is 9.47 Å². The van der Waals surface area contributed by atoms with E-state index in [2.05, 4.69) is 5.32 Å². The molecule has 2 fully saturated rings. The van der Waals surface area contributed by atoms with E-state index in [1.807, 2.05) is 20.8 Å². The first-order valence-electron chi connectivity index (χ1n) is 8.78. The maximum atomic E-state index is 12.0. The van der Waals surface area contributed by atoms with Gasteiger partial charge in [-0.3, -0.25) is 0 Å². The molecule has 0 radical (unpaired) electrons. The quantitative estimate of drug-likeness (QED) is 0.844. The van der Waals surface area contributed by atoms with E-state index in [1.165, 1.54) is 19.3 Å². The van der Waals surface area contributed by atoms with Gasteiger partial charge in [-0.2, -0.15) is 0 Å². The van der Waals surface area contributed by atoms with Crippen LogP contribution in [0.1, 0.15) is 65.7 Å². The molecule has 0 aromatic rings. The second-order valence-corrected chi connectivity index (χ2v) is 7.55. The molecule has 0 atom stereocenters. The third-order valence-corrected chi connectivity index (χ3v) is 4.29. The third kappa shape index (κ3) is 6.28. The van der Waals surface area contributed by atoms with E-state index in [1.54, 1.807) is 4.90 Å². The minimum atomic E-state index is -0.482. The molecule has 0 aromatic carbocycles. The first-order chi connectivity index (χ1) is 10.8. The van der Waals surface area contributed by atoms with Crippen LogP contribution >= 0.6 is 0 Å². The van der Waals surface area contributed by atoms with E-state index in [0.29, 0.717) is 25.9 Å². The number of likely N-dealkylation sites (tertiary alicyclic amines) is 1. The highest BCUT2D eigenvalue weighted by atomic mass is 16.6. The number of ether oxygens (including phenoxy) is 2. The van der Waals surface area contributed by atoms with Gasteiger partial charge in [0.25, 0.3) is 0 Å². The molecular weight excluding hydrogens is 296 g/mol. The molecule has 0 bridgehead atoms. The summed E-state index contributed by atoms with van der Waals surface area (Å²) in [4.78, 5) is 25.6. The Morgan fingerprint density at radius 3 is 2.17 bits per heavy atom. The fraction of sp³-hybridized carbons (Fsp3) is 0.882. The van der Waals surface area contributed by atoms with Crippen molar-refractivity contribution in [3.05, 3.63) is 0 Å². The van der Waals surface area contributed by atoms with Crippen LogP contribution in [0, 0.1) is 0 Å². The molecule has 6 nitrogen and oxygen atoms in total. The Morgan fingerprint density at radius 2 is 1.61 bits per heavy atom. The van der Waals surface area contributed by atoms with Crippen molar-refractivity contribution < 1.29 is 19.1 Å². The molecule has 2 aliphatic rings. The molecule has 0 aromatic heterocycles. The summed E-state index contributed by atoms with van der Waals surface area (Å²) in [5, 5.41) is 2.96. The van der Waals surface area contributed by atoms with Gasteiger partial charge in [0, 0.05) is 32.0 Å². The zero-order chi connectivity index (χ0) is 16.9. The molecule has 132 valence electrons. The normalized spacial score (nSPS) is 20.9. The molecular formula is C17H30N2O4. The lowest BCUT2D eigenvalue weighted by molar-refractivity contribution is 0.00606. The number of piperidine rings is 1. The van der Waals surface area contributed by atoms with Crippen LogP contribution in [-0.4, -0.2) is 47.9 Å². The van der Waals surface area contributed by atoms with Gasteiger partial charge in [-0.1, -0.05) is 19.3 Å². The molecule has 1 aliphatic carbocycles. The number of hydrogen-bond acceptors (Lipinski definition) is 4. The number of carbonyl (C=O) groups excluding carboxylic acids is 2. The minimum absolute atomic E-state index is 0.114. The van der Waals surface area contributed by atoms with Crippen molar-refractivity contribution >= 4 is 12.2 Å². The maximum Gasteiger partial charge on any atom is 0.410 e. The highest BCUT2D eigenvalue weighted by molar-refractivity contribution is 5.69. The Kier molecular flexibility index (Phi) is 6.13. The van der Waals surface area contributed by atoms with Gasteiger partial charge in [0.1, 0.15) is 11.7 Å². The van der Waals surface area contributed by atoms with E-state index < -0.39 is 5.60 Å². The molecule has 1 saturated carbocycles. The van der Waals surface area contributed by atoms with Crippen LogP contribution in [0.5, 0.6) is 0 Å². The average Bonchev–Trinajstić information content (AvgIpc) is 2.47. The summed E-state index contributed by atoms with van der Waals surface area (Å²) < 4.78 is 10.9. The van der Waals surface area contributed by atoms with Crippen LogP contribution in [0.15, 0.2) is 0 Å². The third-order valence-electron chi connectivity index (χ3n) is 4.29. The SMILES string of the molecule is CC(C)(C)OC(=O)N1CCC(OC(=O)NC2CCCCC2)CC1. The summed E-state index contributed by atoms with van der Waals surface area (Å²) in [6.07, 6.45) is 6.33. The van der Waals surface area contributed by atoms with Gasteiger partial charge in [0.05, 0.1) is 0 Å². The van der Waals surface area contributed by atoms with Crippen molar-refractivity contribution in [1.29, 1.82) is 0 Å². The minimum Gasteiger partial charge on any atom is -0.446 e. The van der Waals surface area contributed by atoms with Crippen LogP contribution in [0.4, 0.5) is 9.59 Å². The Labute approximate surface area is 138 Å². The molecule has 2 rings (SSSR count). The molecule has 1 N–H and O–H groups in total. The standard InChI is InChI=1S/C17H30N2O4/c1-17(2,3)23-16(21)19-11-9-14(10-12-19)22-15(20)18-13-7-5-4-6-8-13/h13-14H,4-12H2,1-3H3,(H,18,20). The van der Waals surface area contributed by atoms with Gasteiger partial charge in [0.15, 0.2) is 0 Å². The van der Waals surface area contributed by atoms with Crippen LogP contribution in [0.25, 0.3) is 0 Å². The number of rotatable bonds is 2. The first-order valence-corrected chi connectivity index (χ1v) is 8.78. The summed E-state index contributed by atoms with van der Waals surface area (Å²) in [5.74, 6) is 0. The van der Waals surface area contributed by atoms with E-state index in [0.717, 1.165) is 12.8 Å². The molecule has 0 unspecified atom stereocenters. The van der Waals surface area contributed by atoms with Crippen molar-refractivity contribution in [2.45, 2.75) is 83.5 Å². The van der Waals surface area contributed by atoms with Crippen LogP contribution in [0.2, 0.25) is 0 Å². The topological polar surface area (TPSA) is 67.9 Å². The number of amides is 2. The van der Waals surface area contributed by atoms with Crippen molar-refractivity contribution in [3.8, 4) is 0 Å². The number of alkyl carbamates (subject to hydrolysis) is 1. The van der Waals surface area contributed by atoms with Crippen LogP contribution < -0.4 is 5.32 Å². The number of nitrogens with zero attached hydrogens (tertiary/aromatic N) is 1. The average molecular weight is 326 g/mol. The van der Waals surface area contributed by atoms with Crippen molar-refractivity contribution in [1.82, 2.24) is 10.2 Å². The van der Waals surface area contributed by atoms with Gasteiger partial charge in [-0.25, -0.2) is 9.59 Å². The number of hydrogen-bond donors (Lipinski definition) is 1. The van der Waals surface area contributed by atoms with Crippen molar-refractivity contribution in [2.24, 2.45) is 0 Å². The van der Waals surface area contributed by atoms with Gasteiger partial charge in [-0.15, -0.1) is 0 Å². The largest absolute Gasteiger partial charge is 0.446 e. The second-order valence-electron chi connectivity index (χ2n) is 7.55. The molecule has 1 heterocycles. The molecule has 1 aliphatic heterocycles. The fourth-order valence-corrected chi connectivity index (χ4v) is 3.08. The van der Waals surface area contributed by atoms with Crippen LogP contribution in [-0.2, 0) is 9.47 Å². The lowest BCUT2D eigenvalue weighted by atomic mass is 9.96. The van der Waals surface area contributed by atoms with Crippen molar-refractivity contribution in [3.63, 3.8) is 0 Å². The first kappa shape index (κ1) is 17.9. The highest BCUT2D eigenvalue weighted by Gasteiger charge is 2.28. The molecule has 23 heavy (non-hydrogen) atoms. The van der Waals surface area contributed by atoms with Crippen molar-refractivity contribution in [2.75, 3.05) is 13.1 Å². The Balaban J connectivity index is 1.67. The van der Waals surface area contributed by atoms with E-state index in [9.17, 15) is 9.59 Å². The monoisotopic (exact) mass is 326 g/mol. The van der Waals surface area contributed by atoms with Crippen LogP contribution in [0.3, 0.4) is 0 Å². The maximum absolute atomic E-state index is 12.0. The zero-order valence-corrected chi connectivity index (χ0v) is 14.6. The predicted molar refractivity (Wildman–Crippen MR) is 87.3 cm³/mol. The summed E-state index contributed by atoms with van der Waals surface area (Å²) in [7, 11) is 0. The zero-order valence-electron chi connectivity index (χ0n) is 14.6. The lowest BCUT2D eigenvalue weighted by Gasteiger charge is -2.33. The number of carbonyl (C=O) groups is 2. The Bertz CT molecular complexity index is 405. The summed E-state index contributed by atoms with van der Waals surface area (Å²) in [6.45, 7) is 6.70. The van der Waals surface area contributed by atoms with Gasteiger partial charge >= 0.3 is 12.2 Å². The van der Waals surface area contributed by atoms with E-state index >= 15 is 0 Å². The number of nitrogens with one attached hydrogen (secondary N) is 1. The summed E-state index contributed by atoms with van der Waals surface area (Å²) >= 11 is 0. The van der Waals surface area contributed by atoms with Gasteiger partial charge in [-0.05, 0) is 33.6 Å². The molecule has 0 spiro atoms.